The van der Waals surface area contributed by atoms with E-state index in [1.54, 1.807) is 14.1 Å². The average Bonchev–Trinajstić information content (AvgIpc) is 1.87. The van der Waals surface area contributed by atoms with Gasteiger partial charge in [0.2, 0.25) is 11.8 Å². The fraction of sp³-hybridized carbons (Fsp3) is 0.429. The van der Waals surface area contributed by atoms with Crippen LogP contribution in [0.1, 0.15) is 6.92 Å². The maximum Gasteiger partial charge on any atom is 0.246 e. The van der Waals surface area contributed by atoms with Gasteiger partial charge in [0, 0.05) is 25.7 Å². The Kier molecular flexibility index (Phi) is 3.30. The third-order valence-electron chi connectivity index (χ3n) is 1.17. The normalized spacial score (nSPS) is 11.0. The Morgan fingerprint density at radius 3 is 2.09 bits per heavy atom. The highest BCUT2D eigenvalue weighted by Gasteiger charge is 2.02. The standard InChI is InChI=1S/C7H12N2O2/c1-5(7(8)11)4-6(10)9(2)3/h4H,1-3H3,(H2,8,11)/b5-4+. The molecule has 0 aliphatic carbocycles. The molecular weight excluding hydrogens is 144 g/mol. The fourth-order valence-corrected chi connectivity index (χ4v) is 0.385. The number of carbonyl (C=O) groups is 2. The van der Waals surface area contributed by atoms with Gasteiger partial charge in [-0.25, -0.2) is 0 Å². The Morgan fingerprint density at radius 1 is 1.36 bits per heavy atom. The van der Waals surface area contributed by atoms with E-state index in [9.17, 15) is 9.59 Å². The number of likely N-dealkylation sites (N-methyl/N-ethyl adjacent to an activating group) is 1. The van der Waals surface area contributed by atoms with E-state index in [1.165, 1.54) is 17.9 Å². The lowest BCUT2D eigenvalue weighted by molar-refractivity contribution is -0.124. The lowest BCUT2D eigenvalue weighted by Crippen LogP contribution is -2.21. The second kappa shape index (κ2) is 3.75. The van der Waals surface area contributed by atoms with Crippen molar-refractivity contribution in [3.8, 4) is 0 Å². The molecule has 2 amide bonds. The maximum absolute atomic E-state index is 10.9. The lowest BCUT2D eigenvalue weighted by Gasteiger charge is -2.05. The minimum absolute atomic E-state index is 0.235. The van der Waals surface area contributed by atoms with E-state index in [4.69, 9.17) is 5.73 Å². The first-order valence-electron chi connectivity index (χ1n) is 3.14. The van der Waals surface area contributed by atoms with Gasteiger partial charge in [-0.05, 0) is 6.92 Å². The number of primary amides is 1. The molecule has 11 heavy (non-hydrogen) atoms. The van der Waals surface area contributed by atoms with E-state index < -0.39 is 5.91 Å². The predicted octanol–water partition coefficient (Wildman–Crippen LogP) is -0.494. The molecule has 0 aromatic carbocycles. The summed E-state index contributed by atoms with van der Waals surface area (Å²) in [6.07, 6.45) is 1.21. The second-order valence-corrected chi connectivity index (χ2v) is 2.42. The quantitative estimate of drug-likeness (QED) is 0.548. The Labute approximate surface area is 65.7 Å². The first kappa shape index (κ1) is 9.68. The minimum atomic E-state index is -0.569. The van der Waals surface area contributed by atoms with E-state index in [2.05, 4.69) is 0 Å². The van der Waals surface area contributed by atoms with Gasteiger partial charge in [0.1, 0.15) is 0 Å². The highest BCUT2D eigenvalue weighted by atomic mass is 16.2. The molecule has 0 aromatic rings. The molecule has 0 rings (SSSR count). The zero-order valence-electron chi connectivity index (χ0n) is 6.92. The van der Waals surface area contributed by atoms with Crippen molar-refractivity contribution in [3.05, 3.63) is 11.6 Å². The van der Waals surface area contributed by atoms with E-state index >= 15 is 0 Å². The minimum Gasteiger partial charge on any atom is -0.366 e. The van der Waals surface area contributed by atoms with Crippen molar-refractivity contribution in [2.45, 2.75) is 6.92 Å². The highest BCUT2D eigenvalue weighted by molar-refractivity contribution is 5.99. The predicted molar refractivity (Wildman–Crippen MR) is 41.6 cm³/mol. The van der Waals surface area contributed by atoms with Gasteiger partial charge in [0.25, 0.3) is 0 Å². The summed E-state index contributed by atoms with van der Waals surface area (Å²) in [7, 11) is 3.21. The molecule has 4 heteroatoms. The summed E-state index contributed by atoms with van der Waals surface area (Å²) in [6, 6.07) is 0. The molecule has 0 unspecified atom stereocenters. The van der Waals surface area contributed by atoms with Crippen LogP contribution >= 0.6 is 0 Å². The van der Waals surface area contributed by atoms with Crippen LogP contribution in [0.15, 0.2) is 11.6 Å². The van der Waals surface area contributed by atoms with Gasteiger partial charge in [-0.3, -0.25) is 9.59 Å². The van der Waals surface area contributed by atoms with Crippen molar-refractivity contribution in [1.82, 2.24) is 4.90 Å². The van der Waals surface area contributed by atoms with Crippen LogP contribution in [-0.2, 0) is 9.59 Å². The topological polar surface area (TPSA) is 63.4 Å². The van der Waals surface area contributed by atoms with E-state index in [0.717, 1.165) is 0 Å². The molecule has 0 spiro atoms. The Balaban J connectivity index is 4.32. The highest BCUT2D eigenvalue weighted by Crippen LogP contribution is 1.91. The van der Waals surface area contributed by atoms with Crippen LogP contribution < -0.4 is 5.73 Å². The molecule has 62 valence electrons. The molecule has 0 aliphatic rings. The summed E-state index contributed by atoms with van der Waals surface area (Å²) in [4.78, 5) is 22.7. The number of nitrogens with zero attached hydrogens (tertiary/aromatic N) is 1. The van der Waals surface area contributed by atoms with Crippen molar-refractivity contribution < 1.29 is 9.59 Å². The molecule has 0 aromatic heterocycles. The zero-order valence-corrected chi connectivity index (χ0v) is 6.92. The summed E-state index contributed by atoms with van der Waals surface area (Å²) in [5, 5.41) is 0. The molecule has 0 heterocycles. The largest absolute Gasteiger partial charge is 0.366 e. The van der Waals surface area contributed by atoms with E-state index in [-0.39, 0.29) is 11.5 Å². The van der Waals surface area contributed by atoms with Crippen LogP contribution in [0.4, 0.5) is 0 Å². The van der Waals surface area contributed by atoms with Gasteiger partial charge in [-0.1, -0.05) is 0 Å². The van der Waals surface area contributed by atoms with Gasteiger partial charge >= 0.3 is 0 Å². The third-order valence-corrected chi connectivity index (χ3v) is 1.17. The summed E-state index contributed by atoms with van der Waals surface area (Å²) in [5.41, 5.74) is 5.17. The lowest BCUT2D eigenvalue weighted by atomic mass is 10.2. The smallest absolute Gasteiger partial charge is 0.246 e. The van der Waals surface area contributed by atoms with Crippen molar-refractivity contribution in [2.75, 3.05) is 14.1 Å². The monoisotopic (exact) mass is 156 g/mol. The van der Waals surface area contributed by atoms with Crippen LogP contribution in [0.3, 0.4) is 0 Å². The Bertz CT molecular complexity index is 206. The molecule has 0 saturated heterocycles. The van der Waals surface area contributed by atoms with E-state index in [0.29, 0.717) is 0 Å². The molecule has 0 radical (unpaired) electrons. The van der Waals surface area contributed by atoms with Gasteiger partial charge in [-0.2, -0.15) is 0 Å². The van der Waals surface area contributed by atoms with Crippen LogP contribution in [0.25, 0.3) is 0 Å². The first-order chi connectivity index (χ1) is 4.95. The number of rotatable bonds is 2. The van der Waals surface area contributed by atoms with Gasteiger partial charge in [0.15, 0.2) is 0 Å². The van der Waals surface area contributed by atoms with Crippen LogP contribution in [0.5, 0.6) is 0 Å². The molecule has 2 N–H and O–H groups in total. The summed E-state index contributed by atoms with van der Waals surface area (Å²) in [5.74, 6) is -0.804. The first-order valence-corrected chi connectivity index (χ1v) is 3.14. The zero-order chi connectivity index (χ0) is 9.02. The van der Waals surface area contributed by atoms with Crippen LogP contribution in [0.2, 0.25) is 0 Å². The number of hydrogen-bond donors (Lipinski definition) is 1. The molecule has 0 fully saturated rings. The average molecular weight is 156 g/mol. The Morgan fingerprint density at radius 2 is 1.82 bits per heavy atom. The fourth-order valence-electron chi connectivity index (χ4n) is 0.385. The van der Waals surface area contributed by atoms with Crippen molar-refractivity contribution in [1.29, 1.82) is 0 Å². The molecule has 4 nitrogen and oxygen atoms in total. The summed E-state index contributed by atoms with van der Waals surface area (Å²) < 4.78 is 0. The van der Waals surface area contributed by atoms with E-state index in [1.807, 2.05) is 0 Å². The molecule has 0 atom stereocenters. The van der Waals surface area contributed by atoms with Gasteiger partial charge < -0.3 is 10.6 Å². The molecule has 0 aliphatic heterocycles. The summed E-state index contributed by atoms with van der Waals surface area (Å²) in [6.45, 7) is 1.50. The van der Waals surface area contributed by atoms with Crippen LogP contribution in [-0.4, -0.2) is 30.8 Å². The van der Waals surface area contributed by atoms with Crippen LogP contribution in [0, 0.1) is 0 Å². The van der Waals surface area contributed by atoms with Gasteiger partial charge in [0.05, 0.1) is 0 Å². The van der Waals surface area contributed by atoms with Crippen molar-refractivity contribution in [3.63, 3.8) is 0 Å². The number of hydrogen-bond acceptors (Lipinski definition) is 2. The summed E-state index contributed by atoms with van der Waals surface area (Å²) >= 11 is 0. The SMILES string of the molecule is C/C(=C\C(=O)N(C)C)C(N)=O. The molecule has 0 bridgehead atoms. The Hall–Kier alpha value is -1.32. The maximum atomic E-state index is 10.9. The third kappa shape index (κ3) is 3.40. The van der Waals surface area contributed by atoms with Crippen molar-refractivity contribution in [2.24, 2.45) is 5.73 Å². The molecular formula is C7H12N2O2. The molecule has 0 saturated carbocycles. The van der Waals surface area contributed by atoms with Crippen molar-refractivity contribution >= 4 is 11.8 Å². The number of amides is 2. The second-order valence-electron chi connectivity index (χ2n) is 2.42. The van der Waals surface area contributed by atoms with Gasteiger partial charge in [-0.15, -0.1) is 0 Å². The number of carbonyl (C=O) groups excluding carboxylic acids is 2. The number of nitrogens with two attached hydrogens (primary N) is 1.